The van der Waals surface area contributed by atoms with Crippen LogP contribution >= 0.6 is 0 Å². The van der Waals surface area contributed by atoms with Gasteiger partial charge >= 0.3 is 35.9 Å². The van der Waals surface area contributed by atoms with Gasteiger partial charge in [-0.15, -0.1) is 0 Å². The zero-order valence-corrected chi connectivity index (χ0v) is 34.1. The number of amides is 3. The lowest BCUT2D eigenvalue weighted by atomic mass is 9.85. The molecule has 2 saturated heterocycles. The van der Waals surface area contributed by atoms with Crippen LogP contribution in [0.5, 0.6) is 23.0 Å². The van der Waals surface area contributed by atoms with Crippen LogP contribution in [0.2, 0.25) is 0 Å². The lowest BCUT2D eigenvalue weighted by Gasteiger charge is -2.35. The number of Topliss-reactive ketones (excluding diaryl/α,β-unsaturated/α-hetero) is 1. The predicted molar refractivity (Wildman–Crippen MR) is 208 cm³/mol. The van der Waals surface area contributed by atoms with E-state index in [9.17, 15) is 106 Å². The van der Waals surface area contributed by atoms with Gasteiger partial charge in [0.25, 0.3) is 11.6 Å². The molecule has 0 aliphatic carbocycles. The van der Waals surface area contributed by atoms with E-state index in [1.54, 1.807) is 48.5 Å². The van der Waals surface area contributed by atoms with Gasteiger partial charge in [-0.25, -0.2) is 4.79 Å². The van der Waals surface area contributed by atoms with Crippen molar-refractivity contribution in [2.24, 2.45) is 5.92 Å². The molecule has 27 heteroatoms. The maximum atomic E-state index is 14.4. The number of epoxide rings is 1. The van der Waals surface area contributed by atoms with Crippen LogP contribution in [-0.4, -0.2) is 176 Å². The Morgan fingerprint density at radius 2 is 1.27 bits per heavy atom. The second kappa shape index (κ2) is 19.1. The van der Waals surface area contributed by atoms with E-state index >= 15 is 0 Å². The Morgan fingerprint density at radius 1 is 0.773 bits per heavy atom. The Morgan fingerprint density at radius 3 is 1.74 bits per heavy atom. The monoisotopic (exact) mass is 943 g/mol. The fraction of sp³-hybridized carbons (Fsp3) is 0.462. The molecule has 2 aliphatic heterocycles. The summed E-state index contributed by atoms with van der Waals surface area (Å²) in [6.07, 6.45) is -9.07. The van der Waals surface area contributed by atoms with Crippen molar-refractivity contribution in [1.82, 2.24) is 15.5 Å². The Kier molecular flexibility index (Phi) is 14.9. The number of urea groups is 1. The summed E-state index contributed by atoms with van der Waals surface area (Å²) >= 11 is 0. The van der Waals surface area contributed by atoms with E-state index in [0.29, 0.717) is 11.1 Å². The lowest BCUT2D eigenvalue weighted by Crippen LogP contribution is -2.63. The number of carbonyl (C=O) groups excluding carboxylic acids is 3. The second-order valence-corrected chi connectivity index (χ2v) is 15.6. The average molecular weight is 944 g/mol. The van der Waals surface area contributed by atoms with Gasteiger partial charge in [-0.3, -0.25) is 14.5 Å². The van der Waals surface area contributed by atoms with E-state index in [2.05, 4.69) is 10.6 Å². The van der Waals surface area contributed by atoms with E-state index in [1.165, 1.54) is 12.1 Å². The molecule has 27 nitrogen and oxygen atoms in total. The molecule has 3 aromatic rings. The van der Waals surface area contributed by atoms with Crippen molar-refractivity contribution >= 4 is 17.7 Å². The van der Waals surface area contributed by atoms with Crippen LogP contribution in [0, 0.1) is 5.92 Å². The number of nitrogens with zero attached hydrogens (tertiary/aromatic N) is 1. The third-order valence-electron chi connectivity index (χ3n) is 10.5. The van der Waals surface area contributed by atoms with Crippen molar-refractivity contribution in [3.05, 3.63) is 82.9 Å². The number of benzene rings is 3. The molecule has 5 rings (SSSR count). The fourth-order valence-corrected chi connectivity index (χ4v) is 7.35. The number of ketones is 1. The number of aromatic hydroxyl groups is 3. The first-order chi connectivity index (χ1) is 30.4. The number of nitrogens with one attached hydrogen (secondary N) is 2. The zero-order chi connectivity index (χ0) is 49.4. The minimum atomic E-state index is -4.41. The number of phenolic OH excluding ortho intramolecular Hbond substituents is 3. The second-order valence-electron chi connectivity index (χ2n) is 15.6. The molecule has 0 saturated carbocycles. The van der Waals surface area contributed by atoms with Crippen molar-refractivity contribution in [2.75, 3.05) is 13.1 Å². The molecule has 3 aromatic carbocycles. The summed E-state index contributed by atoms with van der Waals surface area (Å²) in [6.45, 7) is -0.107. The summed E-state index contributed by atoms with van der Waals surface area (Å²) in [6, 6.07) is 13.7. The van der Waals surface area contributed by atoms with Gasteiger partial charge in [0, 0.05) is 25.6 Å². The van der Waals surface area contributed by atoms with Crippen LogP contribution < -0.4 is 15.4 Å². The van der Waals surface area contributed by atoms with E-state index in [4.69, 9.17) is 14.2 Å². The van der Waals surface area contributed by atoms with Crippen molar-refractivity contribution in [2.45, 2.75) is 92.2 Å². The highest BCUT2D eigenvalue weighted by molar-refractivity contribution is 5.93. The normalized spacial score (nSPS) is 19.8. The standard InChI is InChI=1S/C39H49N3O24/c43-22(20(14-18-8-3-1-4-9-18)16-23(44)39(62,63)65-29-24(35(50,51)52)26(45)28(47)27(46)25(29)36(53,54)55)17-21(15-19-10-5-2-6-11-19)41-31(48)34(42-13-7-12-40-33(42)49)32(66-34)64-30(37(56,57)58)38(59,60)61/h1-6,8-11,20-22,30,32,43,45-47,50-63H,7,12-17H2,(H,40,49)(H,41,48). The zero-order valence-electron chi connectivity index (χ0n) is 34.1. The smallest absolute Gasteiger partial charge is 0.386 e. The number of hydrogen-bond acceptors (Lipinski definition) is 24. The summed E-state index contributed by atoms with van der Waals surface area (Å²) in [5, 5.41) is 187. The highest BCUT2D eigenvalue weighted by atomic mass is 16.8. The quantitative estimate of drug-likeness (QED) is 0.0268. The minimum absolute atomic E-state index is 0.123. The molecule has 364 valence electrons. The molecule has 5 atom stereocenters. The Balaban J connectivity index is 1.50. The van der Waals surface area contributed by atoms with Crippen molar-refractivity contribution < 1.29 is 121 Å². The molecule has 5 unspecified atom stereocenters. The Labute approximate surface area is 370 Å². The molecule has 3 amide bonds. The maximum Gasteiger partial charge on any atom is 0.386 e. The largest absolute Gasteiger partial charge is 0.504 e. The summed E-state index contributed by atoms with van der Waals surface area (Å²) in [5.41, 5.74) is -5.62. The fourth-order valence-electron chi connectivity index (χ4n) is 7.35. The van der Waals surface area contributed by atoms with Crippen LogP contribution in [0.25, 0.3) is 0 Å². The molecule has 2 fully saturated rings. The van der Waals surface area contributed by atoms with Gasteiger partial charge in [0.1, 0.15) is 11.1 Å². The molecule has 2 aliphatic rings. The molecule has 0 bridgehead atoms. The molecule has 20 N–H and O–H groups in total. The van der Waals surface area contributed by atoms with Crippen LogP contribution in [0.4, 0.5) is 4.79 Å². The van der Waals surface area contributed by atoms with Gasteiger partial charge < -0.3 is 117 Å². The first kappa shape index (κ1) is 51.6. The lowest BCUT2D eigenvalue weighted by molar-refractivity contribution is -0.461. The average Bonchev–Trinajstić information content (AvgIpc) is 3.92. The number of aliphatic hydroxyl groups is 15. The Hall–Kier alpha value is -5.41. The van der Waals surface area contributed by atoms with Gasteiger partial charge in [-0.1, -0.05) is 60.7 Å². The van der Waals surface area contributed by atoms with Crippen LogP contribution in [0.1, 0.15) is 41.5 Å². The predicted octanol–water partition coefficient (Wildman–Crippen LogP) is -6.59. The molecule has 0 spiro atoms. The van der Waals surface area contributed by atoms with Gasteiger partial charge in [-0.2, -0.15) is 0 Å². The van der Waals surface area contributed by atoms with E-state index in [1.807, 2.05) is 0 Å². The van der Waals surface area contributed by atoms with Crippen LogP contribution in [0.15, 0.2) is 60.7 Å². The van der Waals surface area contributed by atoms with Gasteiger partial charge in [0.05, 0.1) is 6.10 Å². The van der Waals surface area contributed by atoms with Crippen molar-refractivity contribution in [3.63, 3.8) is 0 Å². The summed E-state index contributed by atoms with van der Waals surface area (Å²) in [5.74, 6) is -33.7. The third kappa shape index (κ3) is 11.6. The SMILES string of the molecule is O=C1NCCCN1C1(C(=O)NC(Cc2ccccc2)CC(O)C(CC(=O)C(O)(O)Oc2c(C(O)(O)O)c(O)c(O)c(O)c2C(O)(O)O)Cc2ccccc2)OC1OC(C(O)(O)O)C(O)(O)O. The molecule has 66 heavy (non-hydrogen) atoms. The van der Waals surface area contributed by atoms with E-state index < -0.39 is 131 Å². The molecule has 2 heterocycles. The highest BCUT2D eigenvalue weighted by Crippen LogP contribution is 2.53. The highest BCUT2D eigenvalue weighted by Gasteiger charge is 2.72. The summed E-state index contributed by atoms with van der Waals surface area (Å²) in [4.78, 5) is 42.0. The number of aliphatic hydroxyl groups excluding tert-OH is 1. The first-order valence-electron chi connectivity index (χ1n) is 19.5. The number of rotatable bonds is 21. The Bertz CT molecular complexity index is 2150. The van der Waals surface area contributed by atoms with Crippen LogP contribution in [-0.2, 0) is 43.9 Å². The molecule has 0 radical (unpaired) electrons. The summed E-state index contributed by atoms with van der Waals surface area (Å²) < 4.78 is 15.2. The molecule has 0 aromatic heterocycles. The maximum absolute atomic E-state index is 14.4. The van der Waals surface area contributed by atoms with Gasteiger partial charge in [0.2, 0.25) is 23.9 Å². The van der Waals surface area contributed by atoms with Crippen molar-refractivity contribution in [3.8, 4) is 23.0 Å². The van der Waals surface area contributed by atoms with Crippen LogP contribution in [0.3, 0.4) is 0 Å². The topological polar surface area (TPSA) is 474 Å². The molecular formula is C39H49N3O24. The van der Waals surface area contributed by atoms with Crippen molar-refractivity contribution in [1.29, 1.82) is 0 Å². The number of phenols is 3. The summed E-state index contributed by atoms with van der Waals surface area (Å²) in [7, 11) is 0. The minimum Gasteiger partial charge on any atom is -0.504 e. The number of hydrogen-bond donors (Lipinski definition) is 20. The number of carbonyl (C=O) groups is 3. The van der Waals surface area contributed by atoms with E-state index in [-0.39, 0.29) is 32.4 Å². The third-order valence-corrected chi connectivity index (χ3v) is 10.5. The number of ether oxygens (including phenoxy) is 3. The van der Waals surface area contributed by atoms with Gasteiger partial charge in [-0.05, 0) is 42.7 Å². The first-order valence-corrected chi connectivity index (χ1v) is 19.5. The van der Waals surface area contributed by atoms with E-state index in [0.717, 1.165) is 4.90 Å². The molecular weight excluding hydrogens is 894 g/mol. The van der Waals surface area contributed by atoms with Gasteiger partial charge in [0.15, 0.2) is 17.2 Å².